The highest BCUT2D eigenvalue weighted by Gasteiger charge is 2.63. The van der Waals surface area contributed by atoms with Crippen molar-refractivity contribution in [2.24, 2.45) is 28.6 Å². The summed E-state index contributed by atoms with van der Waals surface area (Å²) in [6, 6.07) is 0.796. The van der Waals surface area contributed by atoms with Gasteiger partial charge in [0, 0.05) is 6.04 Å². The van der Waals surface area contributed by atoms with Crippen LogP contribution in [0.4, 0.5) is 0 Å². The molecule has 0 aliphatic heterocycles. The lowest BCUT2D eigenvalue weighted by Crippen LogP contribution is -2.36. The molecule has 0 spiro atoms. The van der Waals surface area contributed by atoms with Gasteiger partial charge in [-0.15, -0.1) is 0 Å². The Balaban J connectivity index is 1.75. The largest absolute Gasteiger partial charge is 0.314 e. The summed E-state index contributed by atoms with van der Waals surface area (Å²) >= 11 is 0. The van der Waals surface area contributed by atoms with Crippen molar-refractivity contribution in [1.82, 2.24) is 5.32 Å². The highest BCUT2D eigenvalue weighted by molar-refractivity contribution is 5.13. The lowest BCUT2D eigenvalue weighted by molar-refractivity contribution is 0.249. The van der Waals surface area contributed by atoms with Gasteiger partial charge in [-0.2, -0.15) is 0 Å². The molecule has 2 saturated carbocycles. The zero-order valence-electron chi connectivity index (χ0n) is 14.1. The van der Waals surface area contributed by atoms with E-state index < -0.39 is 0 Å². The summed E-state index contributed by atoms with van der Waals surface area (Å²) in [5.41, 5.74) is 1.07. The van der Waals surface area contributed by atoms with Crippen LogP contribution in [-0.4, -0.2) is 12.6 Å². The van der Waals surface area contributed by atoms with Gasteiger partial charge in [-0.3, -0.25) is 0 Å². The van der Waals surface area contributed by atoms with Crippen molar-refractivity contribution in [3.05, 3.63) is 0 Å². The first-order chi connectivity index (χ1) is 8.75. The van der Waals surface area contributed by atoms with Gasteiger partial charge in [0.1, 0.15) is 0 Å². The summed E-state index contributed by atoms with van der Waals surface area (Å²) in [6.45, 7) is 15.7. The normalized spacial score (nSPS) is 33.6. The van der Waals surface area contributed by atoms with E-state index in [1.165, 1.54) is 38.6 Å². The van der Waals surface area contributed by atoms with E-state index in [1.807, 2.05) is 0 Å². The van der Waals surface area contributed by atoms with Gasteiger partial charge in [0.15, 0.2) is 0 Å². The Morgan fingerprint density at radius 1 is 1.05 bits per heavy atom. The lowest BCUT2D eigenvalue weighted by atomic mass is 9.81. The molecule has 0 amide bonds. The van der Waals surface area contributed by atoms with Crippen LogP contribution in [-0.2, 0) is 0 Å². The van der Waals surface area contributed by atoms with Crippen molar-refractivity contribution in [1.29, 1.82) is 0 Å². The first-order valence-corrected chi connectivity index (χ1v) is 8.48. The molecule has 0 aromatic rings. The van der Waals surface area contributed by atoms with E-state index in [0.717, 1.165) is 23.8 Å². The van der Waals surface area contributed by atoms with Crippen molar-refractivity contribution < 1.29 is 0 Å². The molecule has 2 aliphatic carbocycles. The fraction of sp³-hybridized carbons (Fsp3) is 1.00. The molecule has 2 rings (SSSR count). The summed E-state index contributed by atoms with van der Waals surface area (Å²) in [6.07, 6.45) is 7.16. The molecule has 2 fully saturated rings. The Kier molecular flexibility index (Phi) is 4.35. The summed E-state index contributed by atoms with van der Waals surface area (Å²) in [5, 5.41) is 3.90. The molecule has 1 N–H and O–H groups in total. The van der Waals surface area contributed by atoms with Crippen LogP contribution >= 0.6 is 0 Å². The van der Waals surface area contributed by atoms with Crippen LogP contribution in [0.1, 0.15) is 73.6 Å². The molecule has 1 nitrogen and oxygen atoms in total. The number of nitrogens with one attached hydrogen (secondary N) is 1. The predicted molar refractivity (Wildman–Crippen MR) is 84.3 cm³/mol. The Morgan fingerprint density at radius 3 is 2.21 bits per heavy atom. The van der Waals surface area contributed by atoms with Crippen LogP contribution in [0.2, 0.25) is 0 Å². The average molecular weight is 265 g/mol. The van der Waals surface area contributed by atoms with Crippen molar-refractivity contribution in [3.63, 3.8) is 0 Å². The van der Waals surface area contributed by atoms with Gasteiger partial charge in [-0.25, -0.2) is 0 Å². The zero-order valence-corrected chi connectivity index (χ0v) is 14.1. The van der Waals surface area contributed by atoms with E-state index >= 15 is 0 Å². The Hall–Kier alpha value is -0.0400. The molecule has 0 aromatic heterocycles. The van der Waals surface area contributed by atoms with Crippen LogP contribution in [0.3, 0.4) is 0 Å². The minimum Gasteiger partial charge on any atom is -0.314 e. The van der Waals surface area contributed by atoms with E-state index in [4.69, 9.17) is 0 Å². The number of hydrogen-bond acceptors (Lipinski definition) is 1. The second-order valence-corrected chi connectivity index (χ2v) is 8.76. The first-order valence-electron chi connectivity index (χ1n) is 8.48. The van der Waals surface area contributed by atoms with Gasteiger partial charge < -0.3 is 5.32 Å². The molecule has 19 heavy (non-hydrogen) atoms. The predicted octanol–water partition coefficient (Wildman–Crippen LogP) is 4.86. The fourth-order valence-electron chi connectivity index (χ4n) is 4.49. The second kappa shape index (κ2) is 5.39. The fourth-order valence-corrected chi connectivity index (χ4v) is 4.49. The minimum absolute atomic E-state index is 0.534. The lowest BCUT2D eigenvalue weighted by Gasteiger charge is -2.31. The maximum absolute atomic E-state index is 3.90. The van der Waals surface area contributed by atoms with Crippen LogP contribution in [0.15, 0.2) is 0 Å². The SMILES string of the molecule is CC(C)CC1CCCC(NCC2C(C)(C)C2(C)C)C1. The quantitative estimate of drug-likeness (QED) is 0.748. The van der Waals surface area contributed by atoms with Crippen LogP contribution in [0, 0.1) is 28.6 Å². The van der Waals surface area contributed by atoms with Gasteiger partial charge in [-0.05, 0) is 54.4 Å². The molecule has 0 saturated heterocycles. The highest BCUT2D eigenvalue weighted by Crippen LogP contribution is 2.67. The third-order valence-corrected chi connectivity index (χ3v) is 6.52. The van der Waals surface area contributed by atoms with E-state index in [9.17, 15) is 0 Å². The standard InChI is InChI=1S/C18H35N/c1-13(2)10-14-8-7-9-15(11-14)19-12-16-17(3,4)18(16,5)6/h13-16,19H,7-12H2,1-6H3. The van der Waals surface area contributed by atoms with Crippen LogP contribution in [0.25, 0.3) is 0 Å². The maximum Gasteiger partial charge on any atom is 0.00698 e. The molecular formula is C18H35N. The van der Waals surface area contributed by atoms with Gasteiger partial charge >= 0.3 is 0 Å². The maximum atomic E-state index is 3.90. The molecule has 0 bridgehead atoms. The van der Waals surface area contributed by atoms with Crippen LogP contribution < -0.4 is 5.32 Å². The summed E-state index contributed by atoms with van der Waals surface area (Å²) in [7, 11) is 0. The van der Waals surface area contributed by atoms with Gasteiger partial charge in [0.2, 0.25) is 0 Å². The summed E-state index contributed by atoms with van der Waals surface area (Å²) < 4.78 is 0. The third kappa shape index (κ3) is 3.17. The van der Waals surface area contributed by atoms with Crippen molar-refractivity contribution >= 4 is 0 Å². The second-order valence-electron chi connectivity index (χ2n) is 8.76. The third-order valence-electron chi connectivity index (χ3n) is 6.52. The van der Waals surface area contributed by atoms with Crippen molar-refractivity contribution in [2.75, 3.05) is 6.54 Å². The first kappa shape index (κ1) is 15.4. The Morgan fingerprint density at radius 2 is 1.68 bits per heavy atom. The van der Waals surface area contributed by atoms with Gasteiger partial charge in [-0.1, -0.05) is 54.4 Å². The smallest absolute Gasteiger partial charge is 0.00698 e. The molecule has 2 atom stereocenters. The Bertz CT molecular complexity index is 289. The summed E-state index contributed by atoms with van der Waals surface area (Å²) in [4.78, 5) is 0. The summed E-state index contributed by atoms with van der Waals surface area (Å²) in [5.74, 6) is 2.71. The van der Waals surface area contributed by atoms with Crippen LogP contribution in [0.5, 0.6) is 0 Å². The minimum atomic E-state index is 0.534. The Labute approximate surface area is 120 Å². The average Bonchev–Trinajstić information content (AvgIpc) is 2.66. The topological polar surface area (TPSA) is 12.0 Å². The molecule has 1 heteroatoms. The van der Waals surface area contributed by atoms with Gasteiger partial charge in [0.25, 0.3) is 0 Å². The molecule has 112 valence electrons. The molecule has 2 aliphatic rings. The number of rotatable bonds is 5. The van der Waals surface area contributed by atoms with E-state index in [0.29, 0.717) is 10.8 Å². The van der Waals surface area contributed by atoms with Crippen molar-refractivity contribution in [2.45, 2.75) is 79.7 Å². The van der Waals surface area contributed by atoms with E-state index in [-0.39, 0.29) is 0 Å². The van der Waals surface area contributed by atoms with Gasteiger partial charge in [0.05, 0.1) is 0 Å². The highest BCUT2D eigenvalue weighted by atomic mass is 14.9. The molecule has 2 unspecified atom stereocenters. The van der Waals surface area contributed by atoms with E-state index in [1.54, 1.807) is 0 Å². The monoisotopic (exact) mass is 265 g/mol. The van der Waals surface area contributed by atoms with E-state index in [2.05, 4.69) is 46.9 Å². The molecule has 0 heterocycles. The van der Waals surface area contributed by atoms with Crippen molar-refractivity contribution in [3.8, 4) is 0 Å². The number of hydrogen-bond donors (Lipinski definition) is 1. The molecular weight excluding hydrogens is 230 g/mol. The zero-order chi connectivity index (χ0) is 14.3. The molecule has 0 aromatic carbocycles. The molecule has 0 radical (unpaired) electrons.